The molecule has 8 heteroatoms. The summed E-state index contributed by atoms with van der Waals surface area (Å²) in [7, 11) is -4.06. The number of carbonyl (C=O) groups is 1. The lowest BCUT2D eigenvalue weighted by Crippen LogP contribution is -2.43. The molecule has 0 fully saturated rings. The summed E-state index contributed by atoms with van der Waals surface area (Å²) in [4.78, 5) is 12.4. The second kappa shape index (κ2) is 12.9. The molecule has 1 amide bonds. The van der Waals surface area contributed by atoms with Gasteiger partial charge in [0.1, 0.15) is 0 Å². The molecule has 1 aromatic rings. The third kappa shape index (κ3) is 8.89. The largest absolute Gasteiger partial charge is 0.288 e. The summed E-state index contributed by atoms with van der Waals surface area (Å²) in [5.41, 5.74) is 0. The smallest absolute Gasteiger partial charge is 0.269 e. The van der Waals surface area contributed by atoms with Gasteiger partial charge in [0.2, 0.25) is 0 Å². The van der Waals surface area contributed by atoms with E-state index in [1.54, 1.807) is 18.2 Å². The number of unbranched alkanes of at least 4 members (excludes halogenated alkanes) is 9. The van der Waals surface area contributed by atoms with Crippen molar-refractivity contribution in [3.05, 3.63) is 30.3 Å². The van der Waals surface area contributed by atoms with Gasteiger partial charge in [-0.3, -0.25) is 4.79 Å². The van der Waals surface area contributed by atoms with Crippen molar-refractivity contribution in [3.63, 3.8) is 0 Å². The minimum absolute atomic E-state index is 0.000467. The number of sulfonamides is 1. The average Bonchev–Trinajstić information content (AvgIpc) is 2.65. The van der Waals surface area contributed by atoms with Gasteiger partial charge in [0.05, 0.1) is 4.90 Å². The average molecular weight is 471 g/mol. The Hall–Kier alpha value is -0.490. The molecule has 0 bridgehead atoms. The van der Waals surface area contributed by atoms with Crippen molar-refractivity contribution in [2.24, 2.45) is 0 Å². The van der Waals surface area contributed by atoms with Gasteiger partial charge in [0.25, 0.3) is 19.7 Å². The van der Waals surface area contributed by atoms with Crippen LogP contribution in [0.2, 0.25) is 0 Å². The zero-order chi connectivity index (χ0) is 21.0. The molecule has 0 aromatic heterocycles. The zero-order valence-electron chi connectivity index (χ0n) is 16.4. The second-order valence-electron chi connectivity index (χ2n) is 6.88. The van der Waals surface area contributed by atoms with Crippen molar-refractivity contribution >= 4 is 50.7 Å². The van der Waals surface area contributed by atoms with Gasteiger partial charge in [0.15, 0.2) is 0 Å². The van der Waals surface area contributed by atoms with Crippen molar-refractivity contribution in [3.8, 4) is 0 Å². The van der Waals surface area contributed by atoms with Gasteiger partial charge in [-0.15, -0.1) is 0 Å². The van der Waals surface area contributed by atoms with Crippen LogP contribution in [-0.2, 0) is 14.8 Å². The van der Waals surface area contributed by atoms with Gasteiger partial charge < -0.3 is 0 Å². The van der Waals surface area contributed by atoms with Gasteiger partial charge >= 0.3 is 0 Å². The van der Waals surface area contributed by atoms with Crippen molar-refractivity contribution in [2.75, 3.05) is 6.54 Å². The van der Waals surface area contributed by atoms with Crippen LogP contribution < -0.4 is 0 Å². The van der Waals surface area contributed by atoms with Crippen molar-refractivity contribution in [1.29, 1.82) is 0 Å². The number of alkyl halides is 3. The summed E-state index contributed by atoms with van der Waals surface area (Å²) in [5, 5.41) is 0. The maximum Gasteiger partial charge on any atom is 0.288 e. The SMILES string of the molecule is CCCCCCCCCCCCN(C(=O)C(Cl)(Cl)Cl)S(=O)(=O)c1ccccc1. The molecule has 0 saturated carbocycles. The van der Waals surface area contributed by atoms with Crippen LogP contribution in [0.1, 0.15) is 71.1 Å². The van der Waals surface area contributed by atoms with Crippen LogP contribution >= 0.6 is 34.8 Å². The number of carbonyl (C=O) groups excluding carboxylic acids is 1. The summed E-state index contributed by atoms with van der Waals surface area (Å²) < 4.78 is 24.1. The molecule has 0 aliphatic rings. The first-order chi connectivity index (χ1) is 13.2. The van der Waals surface area contributed by atoms with Crippen LogP contribution in [0.4, 0.5) is 0 Å². The molecule has 4 nitrogen and oxygen atoms in total. The van der Waals surface area contributed by atoms with E-state index in [4.69, 9.17) is 34.8 Å². The molecule has 1 aromatic carbocycles. The van der Waals surface area contributed by atoms with Crippen molar-refractivity contribution in [2.45, 2.75) is 79.8 Å². The highest BCUT2D eigenvalue weighted by molar-refractivity contribution is 7.89. The van der Waals surface area contributed by atoms with Crippen LogP contribution in [0.3, 0.4) is 0 Å². The number of nitrogens with zero attached hydrogens (tertiary/aromatic N) is 1. The van der Waals surface area contributed by atoms with Gasteiger partial charge in [-0.2, -0.15) is 0 Å². The Bertz CT molecular complexity index is 676. The normalized spacial score (nSPS) is 12.1. The lowest BCUT2D eigenvalue weighted by Gasteiger charge is -2.25. The standard InChI is InChI=1S/C20H30Cl3NO3S/c1-2-3-4-5-6-7-8-9-10-14-17-24(19(25)20(21,22)23)28(26,27)18-15-12-11-13-16-18/h11-13,15-16H,2-10,14,17H2,1H3. The van der Waals surface area contributed by atoms with Gasteiger partial charge in [-0.05, 0) is 18.6 Å². The maximum absolute atomic E-state index is 12.8. The Morgan fingerprint density at radius 3 is 1.79 bits per heavy atom. The molecule has 0 atom stereocenters. The second-order valence-corrected chi connectivity index (χ2v) is 11.0. The maximum atomic E-state index is 12.8. The first-order valence-corrected chi connectivity index (χ1v) is 12.5. The van der Waals surface area contributed by atoms with Gasteiger partial charge in [-0.1, -0.05) is 118 Å². The van der Waals surface area contributed by atoms with Gasteiger partial charge in [0, 0.05) is 6.54 Å². The predicted octanol–water partition coefficient (Wildman–Crippen LogP) is 6.50. The summed E-state index contributed by atoms with van der Waals surface area (Å²) in [6, 6.07) is 7.72. The Labute approximate surface area is 184 Å². The molecular formula is C20H30Cl3NO3S. The van der Waals surface area contributed by atoms with E-state index in [9.17, 15) is 13.2 Å². The zero-order valence-corrected chi connectivity index (χ0v) is 19.5. The summed E-state index contributed by atoms with van der Waals surface area (Å²) >= 11 is 17.0. The molecule has 0 unspecified atom stereocenters. The molecule has 0 heterocycles. The minimum Gasteiger partial charge on any atom is -0.269 e. The van der Waals surface area contributed by atoms with Crippen LogP contribution in [0.5, 0.6) is 0 Å². The third-order valence-corrected chi connectivity index (χ3v) is 6.80. The Morgan fingerprint density at radius 2 is 1.32 bits per heavy atom. The molecule has 0 saturated heterocycles. The lowest BCUT2D eigenvalue weighted by molar-refractivity contribution is -0.125. The van der Waals surface area contributed by atoms with E-state index >= 15 is 0 Å². The first-order valence-electron chi connectivity index (χ1n) is 9.90. The van der Waals surface area contributed by atoms with E-state index in [2.05, 4.69) is 6.92 Å². The third-order valence-electron chi connectivity index (χ3n) is 4.51. The van der Waals surface area contributed by atoms with Crippen molar-refractivity contribution in [1.82, 2.24) is 4.31 Å². The van der Waals surface area contributed by atoms with Crippen LogP contribution in [0, 0.1) is 0 Å². The number of amides is 1. The molecule has 1 rings (SSSR count). The van der Waals surface area contributed by atoms with E-state index in [1.165, 1.54) is 50.7 Å². The molecular weight excluding hydrogens is 441 g/mol. The summed E-state index contributed by atoms with van der Waals surface area (Å²) in [6.45, 7) is 2.20. The fraction of sp³-hybridized carbons (Fsp3) is 0.650. The summed E-state index contributed by atoms with van der Waals surface area (Å²) in [6.07, 6.45) is 11.0. The molecule has 0 aliphatic heterocycles. The number of halogens is 3. The number of hydrogen-bond donors (Lipinski definition) is 0. The minimum atomic E-state index is -4.06. The molecule has 28 heavy (non-hydrogen) atoms. The number of benzene rings is 1. The summed E-state index contributed by atoms with van der Waals surface area (Å²) in [5.74, 6) is -1.04. The Morgan fingerprint density at radius 1 is 0.857 bits per heavy atom. The molecule has 0 N–H and O–H groups in total. The van der Waals surface area contributed by atoms with E-state index in [0.29, 0.717) is 10.7 Å². The molecule has 0 radical (unpaired) electrons. The Kier molecular flexibility index (Phi) is 11.8. The quantitative estimate of drug-likeness (QED) is 0.244. The molecule has 0 spiro atoms. The topological polar surface area (TPSA) is 54.5 Å². The number of rotatable bonds is 13. The lowest BCUT2D eigenvalue weighted by atomic mass is 10.1. The monoisotopic (exact) mass is 469 g/mol. The Balaban J connectivity index is 2.56. The highest BCUT2D eigenvalue weighted by Crippen LogP contribution is 2.31. The van der Waals surface area contributed by atoms with Crippen LogP contribution in [0.25, 0.3) is 0 Å². The predicted molar refractivity (Wildman–Crippen MR) is 117 cm³/mol. The fourth-order valence-corrected chi connectivity index (χ4v) is 4.87. The van der Waals surface area contributed by atoms with Crippen LogP contribution in [-0.4, -0.2) is 29.0 Å². The highest BCUT2D eigenvalue weighted by Gasteiger charge is 2.41. The van der Waals surface area contributed by atoms with E-state index in [0.717, 1.165) is 19.3 Å². The number of hydrogen-bond acceptors (Lipinski definition) is 3. The van der Waals surface area contributed by atoms with E-state index < -0.39 is 19.7 Å². The molecule has 160 valence electrons. The van der Waals surface area contributed by atoms with E-state index in [-0.39, 0.29) is 11.4 Å². The highest BCUT2D eigenvalue weighted by atomic mass is 35.6. The fourth-order valence-electron chi connectivity index (χ4n) is 2.93. The van der Waals surface area contributed by atoms with E-state index in [1.807, 2.05) is 0 Å². The van der Waals surface area contributed by atoms with Crippen LogP contribution in [0.15, 0.2) is 35.2 Å². The van der Waals surface area contributed by atoms with Gasteiger partial charge in [-0.25, -0.2) is 12.7 Å². The molecule has 0 aliphatic carbocycles. The first kappa shape index (κ1) is 25.5. The van der Waals surface area contributed by atoms with Crippen molar-refractivity contribution < 1.29 is 13.2 Å².